The van der Waals surface area contributed by atoms with Gasteiger partial charge < -0.3 is 15.0 Å². The van der Waals surface area contributed by atoms with E-state index in [9.17, 15) is 0 Å². The lowest BCUT2D eigenvalue weighted by Gasteiger charge is -2.36. The Morgan fingerprint density at radius 3 is 2.81 bits per heavy atom. The average molecular weight is 383 g/mol. The van der Waals surface area contributed by atoms with E-state index in [-0.39, 0.29) is 0 Å². The van der Waals surface area contributed by atoms with Gasteiger partial charge in [0.25, 0.3) is 0 Å². The molecule has 1 N–H and O–H groups in total. The molecule has 0 atom stereocenters. The SMILES string of the molecule is COc1ccccc1N1CCN(CCCNc2ccc3scnc3c2)CC1. The van der Waals surface area contributed by atoms with Crippen LogP contribution in [0.15, 0.2) is 48.0 Å². The minimum atomic E-state index is 0.965. The van der Waals surface area contributed by atoms with Crippen LogP contribution < -0.4 is 15.0 Å². The maximum atomic E-state index is 5.50. The van der Waals surface area contributed by atoms with Crippen LogP contribution in [-0.4, -0.2) is 56.3 Å². The average Bonchev–Trinajstić information content (AvgIpc) is 3.19. The Morgan fingerprint density at radius 1 is 1.11 bits per heavy atom. The van der Waals surface area contributed by atoms with Gasteiger partial charge in [-0.15, -0.1) is 11.3 Å². The van der Waals surface area contributed by atoms with Gasteiger partial charge >= 0.3 is 0 Å². The monoisotopic (exact) mass is 382 g/mol. The summed E-state index contributed by atoms with van der Waals surface area (Å²) in [6.07, 6.45) is 1.14. The summed E-state index contributed by atoms with van der Waals surface area (Å²) in [5.74, 6) is 0.965. The summed E-state index contributed by atoms with van der Waals surface area (Å²) in [5, 5.41) is 3.53. The number of thiazole rings is 1. The third-order valence-corrected chi connectivity index (χ3v) is 5.92. The molecule has 5 nitrogen and oxygen atoms in total. The van der Waals surface area contributed by atoms with Crippen molar-refractivity contribution >= 4 is 32.9 Å². The lowest BCUT2D eigenvalue weighted by atomic mass is 10.2. The molecule has 0 unspecified atom stereocenters. The largest absolute Gasteiger partial charge is 0.495 e. The molecule has 0 bridgehead atoms. The van der Waals surface area contributed by atoms with Crippen LogP contribution in [-0.2, 0) is 0 Å². The fourth-order valence-electron chi connectivity index (χ4n) is 3.61. The molecule has 1 fully saturated rings. The van der Waals surface area contributed by atoms with E-state index in [1.54, 1.807) is 18.4 Å². The summed E-state index contributed by atoms with van der Waals surface area (Å²) < 4.78 is 6.75. The van der Waals surface area contributed by atoms with Gasteiger partial charge in [-0.25, -0.2) is 4.98 Å². The number of para-hydroxylation sites is 2. The summed E-state index contributed by atoms with van der Waals surface area (Å²) in [6, 6.07) is 14.7. The van der Waals surface area contributed by atoms with Crippen molar-refractivity contribution in [3.8, 4) is 5.75 Å². The lowest BCUT2D eigenvalue weighted by molar-refractivity contribution is 0.256. The molecule has 0 spiro atoms. The fourth-order valence-corrected chi connectivity index (χ4v) is 4.27. The Balaban J connectivity index is 1.20. The predicted octanol–water partition coefficient (Wildman–Crippen LogP) is 3.93. The number of hydrogen-bond acceptors (Lipinski definition) is 6. The molecule has 6 heteroatoms. The number of nitrogens with zero attached hydrogens (tertiary/aromatic N) is 3. The van der Waals surface area contributed by atoms with Gasteiger partial charge in [-0.3, -0.25) is 4.90 Å². The second-order valence-corrected chi connectivity index (χ2v) is 7.70. The van der Waals surface area contributed by atoms with Crippen molar-refractivity contribution in [2.45, 2.75) is 6.42 Å². The second kappa shape index (κ2) is 8.59. The van der Waals surface area contributed by atoms with E-state index in [0.717, 1.165) is 62.6 Å². The zero-order valence-electron chi connectivity index (χ0n) is 15.7. The number of anilines is 2. The van der Waals surface area contributed by atoms with Crippen LogP contribution >= 0.6 is 11.3 Å². The molecule has 27 heavy (non-hydrogen) atoms. The molecule has 3 aromatic rings. The highest BCUT2D eigenvalue weighted by molar-refractivity contribution is 7.16. The van der Waals surface area contributed by atoms with Crippen LogP contribution in [0.25, 0.3) is 10.2 Å². The highest BCUT2D eigenvalue weighted by atomic mass is 32.1. The number of piperazine rings is 1. The van der Waals surface area contributed by atoms with E-state index in [1.165, 1.54) is 10.4 Å². The first-order valence-corrected chi connectivity index (χ1v) is 10.4. The molecule has 0 amide bonds. The Hall–Kier alpha value is -2.31. The molecule has 1 aliphatic rings. The Morgan fingerprint density at radius 2 is 1.96 bits per heavy atom. The highest BCUT2D eigenvalue weighted by Gasteiger charge is 2.18. The third kappa shape index (κ3) is 4.34. The van der Waals surface area contributed by atoms with E-state index in [4.69, 9.17) is 4.74 Å². The van der Waals surface area contributed by atoms with E-state index < -0.39 is 0 Å². The number of methoxy groups -OCH3 is 1. The van der Waals surface area contributed by atoms with E-state index >= 15 is 0 Å². The van der Waals surface area contributed by atoms with Gasteiger partial charge in [0.1, 0.15) is 5.75 Å². The molecule has 0 radical (unpaired) electrons. The molecule has 4 rings (SSSR count). The fraction of sp³-hybridized carbons (Fsp3) is 0.381. The number of ether oxygens (including phenoxy) is 1. The van der Waals surface area contributed by atoms with Gasteiger partial charge in [-0.2, -0.15) is 0 Å². The van der Waals surface area contributed by atoms with Crippen molar-refractivity contribution in [2.75, 3.05) is 56.6 Å². The molecule has 1 aliphatic heterocycles. The first-order valence-electron chi connectivity index (χ1n) is 9.51. The standard InChI is InChI=1S/C21H26N4OS/c1-26-20-6-3-2-5-19(20)25-13-11-24(12-14-25)10-4-9-22-17-7-8-21-18(15-17)23-16-27-21/h2-3,5-8,15-16,22H,4,9-14H2,1H3. The van der Waals surface area contributed by atoms with Gasteiger partial charge in [-0.05, 0) is 43.3 Å². The molecule has 0 saturated carbocycles. The predicted molar refractivity (Wildman–Crippen MR) is 114 cm³/mol. The quantitative estimate of drug-likeness (QED) is 0.627. The summed E-state index contributed by atoms with van der Waals surface area (Å²) in [7, 11) is 1.74. The number of rotatable bonds is 7. The molecule has 1 aromatic heterocycles. The van der Waals surface area contributed by atoms with Crippen LogP contribution in [0.5, 0.6) is 5.75 Å². The number of benzene rings is 2. The van der Waals surface area contributed by atoms with Crippen molar-refractivity contribution in [1.29, 1.82) is 0 Å². The van der Waals surface area contributed by atoms with E-state index in [0.29, 0.717) is 0 Å². The molecule has 2 aromatic carbocycles. The molecule has 142 valence electrons. The van der Waals surface area contributed by atoms with E-state index in [2.05, 4.69) is 50.4 Å². The Kier molecular flexibility index (Phi) is 5.75. The normalized spacial score (nSPS) is 15.2. The van der Waals surface area contributed by atoms with Crippen molar-refractivity contribution < 1.29 is 4.74 Å². The second-order valence-electron chi connectivity index (χ2n) is 6.82. The molecule has 2 heterocycles. The first-order chi connectivity index (χ1) is 13.3. The van der Waals surface area contributed by atoms with Crippen LogP contribution in [0.2, 0.25) is 0 Å². The van der Waals surface area contributed by atoms with E-state index in [1.807, 2.05) is 17.6 Å². The minimum Gasteiger partial charge on any atom is -0.495 e. The van der Waals surface area contributed by atoms with Gasteiger partial charge in [-0.1, -0.05) is 12.1 Å². The summed E-state index contributed by atoms with van der Waals surface area (Å²) in [4.78, 5) is 9.36. The Labute approximate surface area is 164 Å². The zero-order valence-corrected chi connectivity index (χ0v) is 16.5. The van der Waals surface area contributed by atoms with Gasteiger partial charge in [0.05, 0.1) is 28.5 Å². The molecular formula is C21H26N4OS. The van der Waals surface area contributed by atoms with Gasteiger partial charge in [0.15, 0.2) is 0 Å². The maximum Gasteiger partial charge on any atom is 0.142 e. The topological polar surface area (TPSA) is 40.6 Å². The molecular weight excluding hydrogens is 356 g/mol. The number of nitrogens with one attached hydrogen (secondary N) is 1. The summed E-state index contributed by atoms with van der Waals surface area (Å²) >= 11 is 1.69. The number of fused-ring (bicyclic) bond motifs is 1. The van der Waals surface area contributed by atoms with Crippen molar-refractivity contribution in [2.24, 2.45) is 0 Å². The van der Waals surface area contributed by atoms with Crippen LogP contribution in [0.4, 0.5) is 11.4 Å². The summed E-state index contributed by atoms with van der Waals surface area (Å²) in [6.45, 7) is 6.42. The highest BCUT2D eigenvalue weighted by Crippen LogP contribution is 2.28. The zero-order chi connectivity index (χ0) is 18.5. The first kappa shape index (κ1) is 18.1. The third-order valence-electron chi connectivity index (χ3n) is 5.11. The Bertz CT molecular complexity index is 873. The van der Waals surface area contributed by atoms with Gasteiger partial charge in [0, 0.05) is 38.4 Å². The number of aromatic nitrogens is 1. The van der Waals surface area contributed by atoms with Crippen molar-refractivity contribution in [3.63, 3.8) is 0 Å². The van der Waals surface area contributed by atoms with Crippen LogP contribution in [0.3, 0.4) is 0 Å². The smallest absolute Gasteiger partial charge is 0.142 e. The van der Waals surface area contributed by atoms with Crippen LogP contribution in [0, 0.1) is 0 Å². The maximum absolute atomic E-state index is 5.50. The lowest BCUT2D eigenvalue weighted by Crippen LogP contribution is -2.46. The summed E-state index contributed by atoms with van der Waals surface area (Å²) in [5.41, 5.74) is 5.35. The van der Waals surface area contributed by atoms with Crippen molar-refractivity contribution in [3.05, 3.63) is 48.0 Å². The minimum absolute atomic E-state index is 0.965. The van der Waals surface area contributed by atoms with Crippen molar-refractivity contribution in [1.82, 2.24) is 9.88 Å². The molecule has 1 saturated heterocycles. The number of hydrogen-bond donors (Lipinski definition) is 1. The molecule has 0 aliphatic carbocycles. The van der Waals surface area contributed by atoms with Crippen LogP contribution in [0.1, 0.15) is 6.42 Å². The van der Waals surface area contributed by atoms with Gasteiger partial charge in [0.2, 0.25) is 0 Å².